The van der Waals surface area contributed by atoms with Crippen LogP contribution >= 0.6 is 0 Å². The number of hydrogen-bond acceptors (Lipinski definition) is 7. The van der Waals surface area contributed by atoms with Crippen LogP contribution in [0, 0.1) is 0 Å². The second kappa shape index (κ2) is 7.51. The molecule has 0 saturated heterocycles. The van der Waals surface area contributed by atoms with E-state index in [0.29, 0.717) is 24.2 Å². The number of fused-ring (bicyclic) bond motifs is 1. The Morgan fingerprint density at radius 2 is 2.10 bits per heavy atom. The number of benzene rings is 1. The summed E-state index contributed by atoms with van der Waals surface area (Å²) in [5, 5.41) is 3.28. The largest absolute Gasteiger partial charge is 0.494 e. The number of imidazole rings is 1. The van der Waals surface area contributed by atoms with Crippen LogP contribution in [0.3, 0.4) is 0 Å². The third kappa shape index (κ3) is 3.32. The summed E-state index contributed by atoms with van der Waals surface area (Å²) in [5.41, 5.74) is 2.96. The number of ether oxygens (including phenoxy) is 2. The van der Waals surface area contributed by atoms with Crippen molar-refractivity contribution in [3.05, 3.63) is 42.6 Å². The molecule has 3 heterocycles. The topological polar surface area (TPSA) is 77.3 Å². The van der Waals surface area contributed by atoms with Gasteiger partial charge in [0.15, 0.2) is 11.6 Å². The highest BCUT2D eigenvalue weighted by atomic mass is 16.5. The van der Waals surface area contributed by atoms with Gasteiger partial charge in [0.2, 0.25) is 5.95 Å². The summed E-state index contributed by atoms with van der Waals surface area (Å²) in [5.74, 6) is 3.37. The van der Waals surface area contributed by atoms with E-state index >= 15 is 0 Å². The highest BCUT2D eigenvalue weighted by Gasteiger charge is 2.24. The Balaban J connectivity index is 1.39. The quantitative estimate of drug-likeness (QED) is 0.688. The molecule has 30 heavy (non-hydrogen) atoms. The zero-order chi connectivity index (χ0) is 20.7. The molecule has 0 radical (unpaired) electrons. The van der Waals surface area contributed by atoms with Crippen molar-refractivity contribution in [2.45, 2.75) is 38.1 Å². The number of nitrogens with zero attached hydrogens (tertiary/aromatic N) is 5. The van der Waals surface area contributed by atoms with Crippen molar-refractivity contribution in [3.8, 4) is 17.2 Å². The van der Waals surface area contributed by atoms with Crippen LogP contribution in [0.2, 0.25) is 0 Å². The zero-order valence-corrected chi connectivity index (χ0v) is 17.5. The molecule has 2 aromatic heterocycles. The van der Waals surface area contributed by atoms with E-state index in [1.165, 1.54) is 19.3 Å². The van der Waals surface area contributed by atoms with Gasteiger partial charge < -0.3 is 24.3 Å². The van der Waals surface area contributed by atoms with Crippen molar-refractivity contribution in [1.82, 2.24) is 19.5 Å². The number of aromatic nitrogens is 4. The van der Waals surface area contributed by atoms with Crippen LogP contribution in [0.1, 0.15) is 37.8 Å². The van der Waals surface area contributed by atoms with Crippen molar-refractivity contribution < 1.29 is 9.47 Å². The van der Waals surface area contributed by atoms with E-state index in [-0.39, 0.29) is 6.04 Å². The fraction of sp³-hybridized carbons (Fsp3) is 0.409. The van der Waals surface area contributed by atoms with Crippen LogP contribution in [0.4, 0.5) is 17.5 Å². The normalized spacial score (nSPS) is 18.4. The Bertz CT molecular complexity index is 1060. The van der Waals surface area contributed by atoms with Crippen LogP contribution in [0.25, 0.3) is 5.69 Å². The first-order valence-corrected chi connectivity index (χ1v) is 10.3. The summed E-state index contributed by atoms with van der Waals surface area (Å²) in [4.78, 5) is 15.7. The summed E-state index contributed by atoms with van der Waals surface area (Å²) < 4.78 is 13.4. The van der Waals surface area contributed by atoms with Crippen LogP contribution in [0.5, 0.6) is 11.5 Å². The Kier molecular flexibility index (Phi) is 4.69. The minimum absolute atomic E-state index is 0.264. The number of methoxy groups -OCH3 is 1. The monoisotopic (exact) mass is 406 g/mol. The molecule has 1 aliphatic carbocycles. The van der Waals surface area contributed by atoms with Crippen LogP contribution in [0.15, 0.2) is 36.9 Å². The van der Waals surface area contributed by atoms with Crippen LogP contribution in [-0.4, -0.2) is 46.3 Å². The average molecular weight is 406 g/mol. The summed E-state index contributed by atoms with van der Waals surface area (Å²) in [6, 6.07) is 6.22. The highest BCUT2D eigenvalue weighted by molar-refractivity contribution is 5.64. The van der Waals surface area contributed by atoms with E-state index in [0.717, 1.165) is 28.6 Å². The molecule has 1 aromatic carbocycles. The fourth-order valence-corrected chi connectivity index (χ4v) is 3.79. The van der Waals surface area contributed by atoms with Crippen molar-refractivity contribution in [3.63, 3.8) is 0 Å². The first-order valence-electron chi connectivity index (χ1n) is 10.3. The number of hydrogen-bond donors (Lipinski definition) is 1. The van der Waals surface area contributed by atoms with Gasteiger partial charge in [-0.25, -0.2) is 9.97 Å². The number of anilines is 3. The van der Waals surface area contributed by atoms with Crippen molar-refractivity contribution in [2.24, 2.45) is 0 Å². The lowest BCUT2D eigenvalue weighted by molar-refractivity contribution is 0.271. The number of likely N-dealkylation sites (N-methyl/N-ethyl adjacent to an activating group) is 1. The molecular weight excluding hydrogens is 380 g/mol. The summed E-state index contributed by atoms with van der Waals surface area (Å²) in [6.45, 7) is 2.74. The maximum absolute atomic E-state index is 5.72. The van der Waals surface area contributed by atoms with E-state index < -0.39 is 0 Å². The van der Waals surface area contributed by atoms with Gasteiger partial charge in [-0.3, -0.25) is 0 Å². The molecule has 1 fully saturated rings. The van der Waals surface area contributed by atoms with Gasteiger partial charge in [0.05, 0.1) is 37.1 Å². The summed E-state index contributed by atoms with van der Waals surface area (Å²) in [7, 11) is 3.69. The second-order valence-electron chi connectivity index (χ2n) is 8.00. The average Bonchev–Trinajstić information content (AvgIpc) is 3.19. The standard InChI is InChI=1S/C22H26N6O2/c1-14-12-30-20-10-23-22(26-21(20)27(14)2)25-16-7-8-18(19(9-16)29-3)28-11-17(24-13-28)15-5-4-6-15/h7-11,13-15H,4-6,12H2,1-3H3,(H,23,25,26). The Hall–Kier alpha value is -3.29. The second-order valence-corrected chi connectivity index (χ2v) is 8.00. The third-order valence-corrected chi connectivity index (χ3v) is 6.05. The molecule has 0 bridgehead atoms. The van der Waals surface area contributed by atoms with Gasteiger partial charge in [-0.2, -0.15) is 4.98 Å². The van der Waals surface area contributed by atoms with Crippen LogP contribution in [-0.2, 0) is 0 Å². The smallest absolute Gasteiger partial charge is 0.229 e. The minimum Gasteiger partial charge on any atom is -0.494 e. The fourth-order valence-electron chi connectivity index (χ4n) is 3.79. The lowest BCUT2D eigenvalue weighted by atomic mass is 9.83. The number of nitrogens with one attached hydrogen (secondary N) is 1. The lowest BCUT2D eigenvalue weighted by Crippen LogP contribution is -2.38. The van der Waals surface area contributed by atoms with Gasteiger partial charge in [0.1, 0.15) is 12.4 Å². The molecule has 8 heteroatoms. The Morgan fingerprint density at radius 1 is 1.23 bits per heavy atom. The van der Waals surface area contributed by atoms with Crippen LogP contribution < -0.4 is 19.7 Å². The molecule has 156 valence electrons. The van der Waals surface area contributed by atoms with Gasteiger partial charge in [-0.1, -0.05) is 6.42 Å². The van der Waals surface area contributed by atoms with Gasteiger partial charge in [-0.15, -0.1) is 0 Å². The molecule has 8 nitrogen and oxygen atoms in total. The molecule has 0 spiro atoms. The van der Waals surface area contributed by atoms with Gasteiger partial charge in [0, 0.05) is 30.9 Å². The lowest BCUT2D eigenvalue weighted by Gasteiger charge is -2.32. The van der Waals surface area contributed by atoms with Crippen molar-refractivity contribution in [1.29, 1.82) is 0 Å². The van der Waals surface area contributed by atoms with Gasteiger partial charge in [0.25, 0.3) is 0 Å². The van der Waals surface area contributed by atoms with E-state index in [4.69, 9.17) is 9.47 Å². The van der Waals surface area contributed by atoms with E-state index in [2.05, 4.69) is 38.3 Å². The molecule has 0 amide bonds. The maximum Gasteiger partial charge on any atom is 0.229 e. The maximum atomic E-state index is 5.72. The predicted molar refractivity (Wildman–Crippen MR) is 115 cm³/mol. The molecule has 5 rings (SSSR count). The Morgan fingerprint density at radius 3 is 2.87 bits per heavy atom. The first-order chi connectivity index (χ1) is 14.6. The molecule has 3 aromatic rings. The summed E-state index contributed by atoms with van der Waals surface area (Å²) >= 11 is 0. The Labute approximate surface area is 175 Å². The summed E-state index contributed by atoms with van der Waals surface area (Å²) in [6.07, 6.45) is 9.45. The number of rotatable bonds is 5. The zero-order valence-electron chi connectivity index (χ0n) is 17.5. The third-order valence-electron chi connectivity index (χ3n) is 6.05. The van der Waals surface area contributed by atoms with Crippen molar-refractivity contribution in [2.75, 3.05) is 31.0 Å². The van der Waals surface area contributed by atoms with Gasteiger partial charge >= 0.3 is 0 Å². The SMILES string of the molecule is COc1cc(Nc2ncc3c(n2)N(C)C(C)CO3)ccc1-n1cnc(C2CCC2)c1. The predicted octanol–water partition coefficient (Wildman–Crippen LogP) is 3.90. The van der Waals surface area contributed by atoms with E-state index in [9.17, 15) is 0 Å². The minimum atomic E-state index is 0.264. The van der Waals surface area contributed by atoms with E-state index in [1.807, 2.05) is 36.1 Å². The van der Waals surface area contributed by atoms with Gasteiger partial charge in [-0.05, 0) is 31.9 Å². The molecule has 1 atom stereocenters. The highest BCUT2D eigenvalue weighted by Crippen LogP contribution is 2.36. The molecule has 1 unspecified atom stereocenters. The molecule has 1 saturated carbocycles. The first kappa shape index (κ1) is 18.7. The molecular formula is C22H26N6O2. The van der Waals surface area contributed by atoms with Crippen molar-refractivity contribution >= 4 is 17.5 Å². The molecule has 1 N–H and O–H groups in total. The van der Waals surface area contributed by atoms with E-state index in [1.54, 1.807) is 13.3 Å². The molecule has 2 aliphatic rings. The molecule has 1 aliphatic heterocycles.